The van der Waals surface area contributed by atoms with Gasteiger partial charge >= 0.3 is 0 Å². The van der Waals surface area contributed by atoms with Crippen molar-refractivity contribution >= 4 is 17.5 Å². The number of hydrogen-bond acceptors (Lipinski definition) is 5. The van der Waals surface area contributed by atoms with Gasteiger partial charge in [-0.25, -0.2) is 9.97 Å². The predicted octanol–water partition coefficient (Wildman–Crippen LogP) is -0.0525. The van der Waals surface area contributed by atoms with E-state index in [4.69, 9.17) is 5.73 Å². The van der Waals surface area contributed by atoms with Gasteiger partial charge in [-0.05, 0) is 6.42 Å². The molecule has 1 aliphatic rings. The highest BCUT2D eigenvalue weighted by Gasteiger charge is 2.16. The molecule has 0 aromatic carbocycles. The van der Waals surface area contributed by atoms with Gasteiger partial charge in [-0.15, -0.1) is 0 Å². The molecular weight excluding hydrogens is 218 g/mol. The summed E-state index contributed by atoms with van der Waals surface area (Å²) in [5.41, 5.74) is 5.74. The number of amides is 1. The van der Waals surface area contributed by atoms with E-state index in [9.17, 15) is 4.79 Å². The second-order valence-corrected chi connectivity index (χ2v) is 4.05. The van der Waals surface area contributed by atoms with Crippen LogP contribution in [0.15, 0.2) is 6.07 Å². The number of nitrogens with two attached hydrogens (primary N) is 1. The Bertz CT molecular complexity index is 420. The van der Waals surface area contributed by atoms with E-state index in [2.05, 4.69) is 15.3 Å². The zero-order chi connectivity index (χ0) is 12.3. The van der Waals surface area contributed by atoms with E-state index in [1.54, 1.807) is 6.07 Å². The maximum absolute atomic E-state index is 11.5. The van der Waals surface area contributed by atoms with Gasteiger partial charge in [0.15, 0.2) is 0 Å². The first-order valence-electron chi connectivity index (χ1n) is 5.84. The molecule has 0 aliphatic carbocycles. The average molecular weight is 235 g/mol. The molecule has 1 amide bonds. The molecule has 0 unspecified atom stereocenters. The number of carbonyl (C=O) groups excluding carboxylic acids is 1. The van der Waals surface area contributed by atoms with Crippen molar-refractivity contribution in [1.82, 2.24) is 15.3 Å². The molecule has 17 heavy (non-hydrogen) atoms. The highest BCUT2D eigenvalue weighted by Crippen LogP contribution is 2.15. The molecule has 6 heteroatoms. The average Bonchev–Trinajstić information content (AvgIpc) is 2.53. The Balaban J connectivity index is 2.25. The summed E-state index contributed by atoms with van der Waals surface area (Å²) in [4.78, 5) is 22.0. The number of nitrogens with zero attached hydrogens (tertiary/aromatic N) is 3. The van der Waals surface area contributed by atoms with Crippen LogP contribution < -0.4 is 16.0 Å². The Labute approximate surface area is 100 Å². The van der Waals surface area contributed by atoms with Crippen molar-refractivity contribution in [2.75, 3.05) is 30.3 Å². The van der Waals surface area contributed by atoms with Gasteiger partial charge < -0.3 is 16.0 Å². The minimum absolute atomic E-state index is 0.0257. The predicted molar refractivity (Wildman–Crippen MR) is 65.7 cm³/mol. The third-order valence-corrected chi connectivity index (χ3v) is 2.68. The number of aryl methyl sites for hydroxylation is 1. The lowest BCUT2D eigenvalue weighted by Crippen LogP contribution is -2.33. The number of rotatable bonds is 2. The van der Waals surface area contributed by atoms with Crippen molar-refractivity contribution in [3.05, 3.63) is 11.9 Å². The van der Waals surface area contributed by atoms with E-state index in [1.165, 1.54) is 0 Å². The van der Waals surface area contributed by atoms with E-state index < -0.39 is 0 Å². The van der Waals surface area contributed by atoms with Crippen LogP contribution in [0.25, 0.3) is 0 Å². The number of anilines is 2. The fraction of sp³-hybridized carbons (Fsp3) is 0.545. The summed E-state index contributed by atoms with van der Waals surface area (Å²) in [5.74, 6) is 1.94. The highest BCUT2D eigenvalue weighted by atomic mass is 16.2. The van der Waals surface area contributed by atoms with Crippen molar-refractivity contribution in [3.8, 4) is 0 Å². The third-order valence-electron chi connectivity index (χ3n) is 2.68. The van der Waals surface area contributed by atoms with E-state index in [0.717, 1.165) is 31.7 Å². The zero-order valence-electron chi connectivity index (χ0n) is 9.94. The van der Waals surface area contributed by atoms with Crippen molar-refractivity contribution < 1.29 is 4.79 Å². The Morgan fingerprint density at radius 2 is 2.35 bits per heavy atom. The van der Waals surface area contributed by atoms with E-state index >= 15 is 0 Å². The molecule has 2 heterocycles. The first kappa shape index (κ1) is 11.6. The summed E-state index contributed by atoms with van der Waals surface area (Å²) >= 11 is 0. The summed E-state index contributed by atoms with van der Waals surface area (Å²) in [6.07, 6.45) is 1.65. The fourth-order valence-electron chi connectivity index (χ4n) is 1.82. The van der Waals surface area contributed by atoms with Crippen LogP contribution in [0.4, 0.5) is 11.6 Å². The lowest BCUT2D eigenvalue weighted by Gasteiger charge is -2.20. The lowest BCUT2D eigenvalue weighted by molar-refractivity contribution is -0.119. The number of carbonyl (C=O) groups is 1. The van der Waals surface area contributed by atoms with Crippen molar-refractivity contribution in [2.45, 2.75) is 19.8 Å². The Hall–Kier alpha value is -1.85. The normalized spacial score (nSPS) is 16.5. The van der Waals surface area contributed by atoms with Crippen LogP contribution in [0.3, 0.4) is 0 Å². The Morgan fingerprint density at radius 1 is 1.53 bits per heavy atom. The molecule has 0 atom stereocenters. The van der Waals surface area contributed by atoms with Crippen LogP contribution in [-0.4, -0.2) is 35.5 Å². The van der Waals surface area contributed by atoms with Gasteiger partial charge in [0.1, 0.15) is 17.5 Å². The molecule has 3 N–H and O–H groups in total. The van der Waals surface area contributed by atoms with Crippen LogP contribution in [-0.2, 0) is 11.2 Å². The molecule has 92 valence electrons. The summed E-state index contributed by atoms with van der Waals surface area (Å²) < 4.78 is 0. The molecule has 1 fully saturated rings. The topological polar surface area (TPSA) is 84.1 Å². The van der Waals surface area contributed by atoms with Crippen LogP contribution in [0.1, 0.15) is 19.2 Å². The van der Waals surface area contributed by atoms with Crippen molar-refractivity contribution in [2.24, 2.45) is 0 Å². The molecule has 1 aliphatic heterocycles. The summed E-state index contributed by atoms with van der Waals surface area (Å²) in [6, 6.07) is 1.72. The first-order chi connectivity index (χ1) is 8.19. The van der Waals surface area contributed by atoms with Gasteiger partial charge in [0.25, 0.3) is 0 Å². The van der Waals surface area contributed by atoms with Crippen LogP contribution in [0.5, 0.6) is 0 Å². The van der Waals surface area contributed by atoms with Gasteiger partial charge in [0.2, 0.25) is 5.91 Å². The van der Waals surface area contributed by atoms with Crippen LogP contribution in [0.2, 0.25) is 0 Å². The zero-order valence-corrected chi connectivity index (χ0v) is 9.94. The number of hydrogen-bond donors (Lipinski definition) is 2. The van der Waals surface area contributed by atoms with Gasteiger partial charge in [0.05, 0.1) is 6.54 Å². The van der Waals surface area contributed by atoms with Crippen molar-refractivity contribution in [3.63, 3.8) is 0 Å². The van der Waals surface area contributed by atoms with E-state index in [1.807, 2.05) is 11.8 Å². The molecular formula is C11H17N5O. The van der Waals surface area contributed by atoms with Crippen LogP contribution >= 0.6 is 0 Å². The number of aromatic nitrogens is 2. The van der Waals surface area contributed by atoms with Gasteiger partial charge in [-0.1, -0.05) is 6.92 Å². The summed E-state index contributed by atoms with van der Waals surface area (Å²) in [6.45, 7) is 3.84. The standard InChI is InChI=1S/C11H17N5O/c1-2-9-14-8(12)6-10(15-9)16-5-3-4-13-11(17)7-16/h6H,2-5,7H2,1H3,(H,13,17)(H2,12,14,15). The largest absolute Gasteiger partial charge is 0.384 e. The van der Waals surface area contributed by atoms with Gasteiger partial charge in [-0.2, -0.15) is 0 Å². The van der Waals surface area contributed by atoms with E-state index in [0.29, 0.717) is 18.2 Å². The smallest absolute Gasteiger partial charge is 0.239 e. The van der Waals surface area contributed by atoms with Crippen LogP contribution in [0, 0.1) is 0 Å². The molecule has 2 rings (SSSR count). The lowest BCUT2D eigenvalue weighted by atomic mass is 10.3. The number of nitrogens with one attached hydrogen (secondary N) is 1. The van der Waals surface area contributed by atoms with E-state index in [-0.39, 0.29) is 5.91 Å². The Morgan fingerprint density at radius 3 is 3.12 bits per heavy atom. The van der Waals surface area contributed by atoms with Gasteiger partial charge in [-0.3, -0.25) is 4.79 Å². The maximum Gasteiger partial charge on any atom is 0.239 e. The molecule has 1 aromatic rings. The molecule has 1 aromatic heterocycles. The second kappa shape index (κ2) is 4.99. The summed E-state index contributed by atoms with van der Waals surface area (Å²) in [5, 5.41) is 2.83. The quantitative estimate of drug-likeness (QED) is 0.750. The SMILES string of the molecule is CCc1nc(N)cc(N2CCCNC(=O)C2)n1. The molecule has 1 saturated heterocycles. The molecule has 0 saturated carbocycles. The first-order valence-corrected chi connectivity index (χ1v) is 5.84. The molecule has 6 nitrogen and oxygen atoms in total. The maximum atomic E-state index is 11.5. The highest BCUT2D eigenvalue weighted by molar-refractivity contribution is 5.81. The second-order valence-electron chi connectivity index (χ2n) is 4.05. The fourth-order valence-corrected chi connectivity index (χ4v) is 1.82. The molecule has 0 bridgehead atoms. The minimum Gasteiger partial charge on any atom is -0.384 e. The monoisotopic (exact) mass is 235 g/mol. The van der Waals surface area contributed by atoms with Crippen molar-refractivity contribution in [1.29, 1.82) is 0 Å². The van der Waals surface area contributed by atoms with Gasteiger partial charge in [0, 0.05) is 25.6 Å². The number of nitrogen functional groups attached to an aromatic ring is 1. The minimum atomic E-state index is 0.0257. The molecule has 0 radical (unpaired) electrons. The summed E-state index contributed by atoms with van der Waals surface area (Å²) in [7, 11) is 0. The Kier molecular flexibility index (Phi) is 3.41. The molecule has 0 spiro atoms. The third kappa shape index (κ3) is 2.83.